The molecule has 2 N–H and O–H groups in total. The van der Waals surface area contributed by atoms with E-state index < -0.39 is 12.2 Å². The Morgan fingerprint density at radius 3 is 2.73 bits per heavy atom. The number of ether oxygens (including phenoxy) is 2. The van der Waals surface area contributed by atoms with Gasteiger partial charge >= 0.3 is 6.09 Å². The van der Waals surface area contributed by atoms with Crippen molar-refractivity contribution in [2.45, 2.75) is 19.4 Å². The lowest BCUT2D eigenvalue weighted by Crippen LogP contribution is -2.30. The third kappa shape index (κ3) is 4.52. The van der Waals surface area contributed by atoms with Gasteiger partial charge in [-0.15, -0.1) is 0 Å². The van der Waals surface area contributed by atoms with Gasteiger partial charge in [0, 0.05) is 29.1 Å². The fourth-order valence-corrected chi connectivity index (χ4v) is 3.32. The maximum absolute atomic E-state index is 11.2. The number of carbonyl (C=O) groups excluding carboxylic acids is 1. The van der Waals surface area contributed by atoms with Crippen LogP contribution in [0.2, 0.25) is 0 Å². The zero-order chi connectivity index (χ0) is 18.5. The van der Waals surface area contributed by atoms with Crippen LogP contribution in [0, 0.1) is 6.92 Å². The van der Waals surface area contributed by atoms with E-state index in [1.165, 1.54) is 0 Å². The number of hydrogen-bond donors (Lipinski definition) is 1. The molecule has 0 radical (unpaired) electrons. The minimum absolute atomic E-state index is 0.200. The van der Waals surface area contributed by atoms with E-state index in [-0.39, 0.29) is 6.61 Å². The maximum atomic E-state index is 11.2. The van der Waals surface area contributed by atoms with Crippen molar-refractivity contribution in [1.82, 2.24) is 4.98 Å². The minimum atomic E-state index is -0.811. The van der Waals surface area contributed by atoms with Crippen LogP contribution in [0.3, 0.4) is 0 Å². The largest absolute Gasteiger partial charge is 0.489 e. The van der Waals surface area contributed by atoms with Crippen LogP contribution in [0.4, 0.5) is 4.79 Å². The summed E-state index contributed by atoms with van der Waals surface area (Å²) in [6.07, 6.45) is 1.07. The fourth-order valence-electron chi connectivity index (χ4n) is 2.73. The van der Waals surface area contributed by atoms with E-state index in [0.29, 0.717) is 12.2 Å². The quantitative estimate of drug-likeness (QED) is 0.648. The van der Waals surface area contributed by atoms with E-state index in [1.54, 1.807) is 0 Å². The molecule has 2 aromatic carbocycles. The fraction of sp³-hybridized carbons (Fsp3) is 0.200. The van der Waals surface area contributed by atoms with Gasteiger partial charge in [-0.3, -0.25) is 4.98 Å². The van der Waals surface area contributed by atoms with Gasteiger partial charge < -0.3 is 15.2 Å². The van der Waals surface area contributed by atoms with Gasteiger partial charge in [-0.05, 0) is 46.6 Å². The second-order valence-electron chi connectivity index (χ2n) is 5.98. The van der Waals surface area contributed by atoms with Crippen LogP contribution in [-0.2, 0) is 11.2 Å². The van der Waals surface area contributed by atoms with Crippen molar-refractivity contribution in [2.24, 2.45) is 5.73 Å². The Hall–Kier alpha value is -2.60. The van der Waals surface area contributed by atoms with Gasteiger partial charge in [0.1, 0.15) is 18.5 Å². The molecule has 134 valence electrons. The van der Waals surface area contributed by atoms with E-state index >= 15 is 0 Å². The molecule has 0 bridgehead atoms. The first-order valence-corrected chi connectivity index (χ1v) is 9.00. The smallest absolute Gasteiger partial charge is 0.404 e. The van der Waals surface area contributed by atoms with Crippen LogP contribution >= 0.6 is 15.9 Å². The van der Waals surface area contributed by atoms with Crippen molar-refractivity contribution < 1.29 is 14.3 Å². The van der Waals surface area contributed by atoms with E-state index in [4.69, 9.17) is 15.2 Å². The number of benzene rings is 2. The molecular weight excluding hydrogens is 396 g/mol. The third-order valence-corrected chi connectivity index (χ3v) is 4.77. The van der Waals surface area contributed by atoms with Crippen LogP contribution < -0.4 is 10.5 Å². The predicted molar refractivity (Wildman–Crippen MR) is 104 cm³/mol. The number of carbonyl (C=O) groups is 1. The Bertz CT molecular complexity index is 916. The van der Waals surface area contributed by atoms with Crippen molar-refractivity contribution in [3.8, 4) is 5.75 Å². The Morgan fingerprint density at radius 2 is 2.00 bits per heavy atom. The molecule has 6 heteroatoms. The highest BCUT2D eigenvalue weighted by atomic mass is 79.9. The molecule has 0 spiro atoms. The summed E-state index contributed by atoms with van der Waals surface area (Å²) in [4.78, 5) is 15.5. The zero-order valence-corrected chi connectivity index (χ0v) is 15.9. The van der Waals surface area contributed by atoms with E-state index in [1.807, 2.05) is 61.7 Å². The molecule has 0 aliphatic heterocycles. The molecule has 1 heterocycles. The second kappa shape index (κ2) is 8.19. The second-order valence-corrected chi connectivity index (χ2v) is 6.78. The van der Waals surface area contributed by atoms with Gasteiger partial charge in [0.2, 0.25) is 0 Å². The Balaban J connectivity index is 1.76. The maximum Gasteiger partial charge on any atom is 0.404 e. The minimum Gasteiger partial charge on any atom is -0.489 e. The highest BCUT2D eigenvalue weighted by molar-refractivity contribution is 9.10. The molecule has 1 amide bonds. The molecule has 0 saturated carbocycles. The molecule has 0 fully saturated rings. The predicted octanol–water partition coefficient (Wildman–Crippen LogP) is 4.39. The summed E-state index contributed by atoms with van der Waals surface area (Å²) in [6, 6.07) is 15.6. The number of aromatic nitrogens is 1. The summed E-state index contributed by atoms with van der Waals surface area (Å²) >= 11 is 3.60. The van der Waals surface area contributed by atoms with Crippen molar-refractivity contribution >= 4 is 32.8 Å². The standard InChI is InChI=1S/C20H19BrN2O3/c1-13-9-17-15(11-23-13)7-8-18(19(17)21)25-12-16(26-20(22)24)10-14-5-3-2-4-6-14/h2-9,11,16H,10,12H2,1H3,(H2,22,24)/t16-/m1/s1. The molecule has 0 unspecified atom stereocenters. The average molecular weight is 415 g/mol. The topological polar surface area (TPSA) is 74.4 Å². The summed E-state index contributed by atoms with van der Waals surface area (Å²) < 4.78 is 12.0. The summed E-state index contributed by atoms with van der Waals surface area (Å²) in [5.74, 6) is 0.675. The summed E-state index contributed by atoms with van der Waals surface area (Å²) in [6.45, 7) is 2.14. The molecule has 26 heavy (non-hydrogen) atoms. The van der Waals surface area contributed by atoms with Crippen LogP contribution in [0.25, 0.3) is 10.8 Å². The number of rotatable bonds is 6. The number of nitrogens with zero attached hydrogens (tertiary/aromatic N) is 1. The molecule has 0 aliphatic rings. The van der Waals surface area contributed by atoms with Crippen molar-refractivity contribution in [2.75, 3.05) is 6.61 Å². The molecule has 0 saturated heterocycles. The molecule has 1 aromatic heterocycles. The van der Waals surface area contributed by atoms with Gasteiger partial charge in [0.05, 0.1) is 4.47 Å². The Kier molecular flexibility index (Phi) is 5.73. The first-order chi connectivity index (χ1) is 12.5. The van der Waals surface area contributed by atoms with Gasteiger partial charge in [-0.1, -0.05) is 30.3 Å². The summed E-state index contributed by atoms with van der Waals surface area (Å²) in [7, 11) is 0. The highest BCUT2D eigenvalue weighted by Crippen LogP contribution is 2.33. The number of hydrogen-bond acceptors (Lipinski definition) is 4. The average Bonchev–Trinajstić information content (AvgIpc) is 2.62. The highest BCUT2D eigenvalue weighted by Gasteiger charge is 2.16. The summed E-state index contributed by atoms with van der Waals surface area (Å²) in [5, 5.41) is 2.04. The van der Waals surface area contributed by atoms with Crippen LogP contribution in [-0.4, -0.2) is 23.8 Å². The lowest BCUT2D eigenvalue weighted by Gasteiger charge is -2.18. The molecule has 5 nitrogen and oxygen atoms in total. The molecule has 3 aromatic rings. The van der Waals surface area contributed by atoms with Crippen molar-refractivity contribution in [3.05, 3.63) is 70.5 Å². The normalized spacial score (nSPS) is 11.9. The first kappa shape index (κ1) is 18.2. The van der Waals surface area contributed by atoms with E-state index in [9.17, 15) is 4.79 Å². The van der Waals surface area contributed by atoms with E-state index in [0.717, 1.165) is 26.5 Å². The number of pyridine rings is 1. The van der Waals surface area contributed by atoms with Gasteiger partial charge in [0.25, 0.3) is 0 Å². The van der Waals surface area contributed by atoms with Gasteiger partial charge in [-0.2, -0.15) is 0 Å². The summed E-state index contributed by atoms with van der Waals surface area (Å²) in [5.41, 5.74) is 7.17. The zero-order valence-electron chi connectivity index (χ0n) is 14.3. The number of amides is 1. The van der Waals surface area contributed by atoms with Crippen LogP contribution in [0.5, 0.6) is 5.75 Å². The number of nitrogens with two attached hydrogens (primary N) is 1. The van der Waals surface area contributed by atoms with Crippen molar-refractivity contribution in [3.63, 3.8) is 0 Å². The monoisotopic (exact) mass is 414 g/mol. The van der Waals surface area contributed by atoms with Crippen molar-refractivity contribution in [1.29, 1.82) is 0 Å². The number of primary amides is 1. The molecule has 1 atom stereocenters. The number of halogens is 1. The number of aryl methyl sites for hydroxylation is 1. The lowest BCUT2D eigenvalue weighted by molar-refractivity contribution is 0.0716. The SMILES string of the molecule is Cc1cc2c(Br)c(OC[C@@H](Cc3ccccc3)OC(N)=O)ccc2cn1. The van der Waals surface area contributed by atoms with Crippen LogP contribution in [0.15, 0.2) is 59.2 Å². The molecule has 3 rings (SSSR count). The van der Waals surface area contributed by atoms with E-state index in [2.05, 4.69) is 20.9 Å². The first-order valence-electron chi connectivity index (χ1n) is 8.20. The third-order valence-electron chi connectivity index (χ3n) is 3.95. The van der Waals surface area contributed by atoms with Gasteiger partial charge in [-0.25, -0.2) is 4.79 Å². The Labute approximate surface area is 160 Å². The number of fused-ring (bicyclic) bond motifs is 1. The van der Waals surface area contributed by atoms with Crippen LogP contribution in [0.1, 0.15) is 11.3 Å². The Morgan fingerprint density at radius 1 is 1.23 bits per heavy atom. The molecular formula is C20H19BrN2O3. The molecule has 0 aliphatic carbocycles. The lowest BCUT2D eigenvalue weighted by atomic mass is 10.1. The van der Waals surface area contributed by atoms with Gasteiger partial charge in [0.15, 0.2) is 0 Å².